The van der Waals surface area contributed by atoms with Crippen LogP contribution in [0.25, 0.3) is 0 Å². The maximum atomic E-state index is 13.8. The zero-order valence-electron chi connectivity index (χ0n) is 15.1. The van der Waals surface area contributed by atoms with Gasteiger partial charge in [-0.05, 0) is 24.6 Å². The average molecular weight is 398 g/mol. The highest BCUT2D eigenvalue weighted by molar-refractivity contribution is 6.08. The van der Waals surface area contributed by atoms with Crippen LogP contribution in [0.15, 0.2) is 24.3 Å². The Hall–Kier alpha value is -2.91. The Labute approximate surface area is 158 Å². The molecule has 1 fully saturated rings. The van der Waals surface area contributed by atoms with Crippen LogP contribution in [0.4, 0.5) is 23.2 Å². The minimum atomic E-state index is -2.85. The zero-order valence-corrected chi connectivity index (χ0v) is 15.1. The molecule has 0 bridgehead atoms. The Kier molecular flexibility index (Phi) is 5.39. The maximum Gasteiger partial charge on any atom is 0.333 e. The van der Waals surface area contributed by atoms with Gasteiger partial charge in [-0.25, -0.2) is 13.5 Å². The number of aryl methyl sites for hydroxylation is 1. The van der Waals surface area contributed by atoms with Gasteiger partial charge in [0.25, 0.3) is 0 Å². The zero-order chi connectivity index (χ0) is 20.6. The van der Waals surface area contributed by atoms with Crippen molar-refractivity contribution in [2.75, 3.05) is 18.9 Å². The summed E-state index contributed by atoms with van der Waals surface area (Å²) >= 11 is 0. The van der Waals surface area contributed by atoms with Crippen LogP contribution in [0.3, 0.4) is 0 Å². The number of carbonyl (C=O) groups excluding carboxylic acids is 2. The van der Waals surface area contributed by atoms with Crippen molar-refractivity contribution in [1.29, 1.82) is 0 Å². The SMILES string of the molecule is CCc1cc([C@H]2CN(C)C(=O)C2C(=O)Nc2cccc(F)c2F)nn1C(F)F. The fourth-order valence-corrected chi connectivity index (χ4v) is 3.34. The van der Waals surface area contributed by atoms with Gasteiger partial charge in [-0.3, -0.25) is 9.59 Å². The number of hydrogen-bond donors (Lipinski definition) is 1. The average Bonchev–Trinajstić information content (AvgIpc) is 3.20. The summed E-state index contributed by atoms with van der Waals surface area (Å²) < 4.78 is 54.1. The number of benzene rings is 1. The van der Waals surface area contributed by atoms with Crippen LogP contribution in [0.5, 0.6) is 0 Å². The number of nitrogens with zero attached hydrogens (tertiary/aromatic N) is 3. The smallest absolute Gasteiger partial charge is 0.333 e. The summed E-state index contributed by atoms with van der Waals surface area (Å²) in [6, 6.07) is 4.71. The fraction of sp³-hybridized carbons (Fsp3) is 0.389. The first-order valence-corrected chi connectivity index (χ1v) is 8.60. The molecule has 2 amide bonds. The second-order valence-electron chi connectivity index (χ2n) is 6.53. The number of amides is 2. The molecule has 1 aliphatic heterocycles. The first kappa shape index (κ1) is 19.8. The van der Waals surface area contributed by atoms with Crippen LogP contribution in [-0.2, 0) is 16.0 Å². The Balaban J connectivity index is 1.92. The van der Waals surface area contributed by atoms with Gasteiger partial charge in [0.2, 0.25) is 11.8 Å². The third-order valence-electron chi connectivity index (χ3n) is 4.77. The number of nitrogens with one attached hydrogen (secondary N) is 1. The molecule has 0 saturated carbocycles. The fourth-order valence-electron chi connectivity index (χ4n) is 3.34. The number of likely N-dealkylation sites (N-methyl/N-ethyl adjacent to an activating group) is 1. The molecular weight excluding hydrogens is 380 g/mol. The summed E-state index contributed by atoms with van der Waals surface area (Å²) in [5.74, 6) is -5.89. The van der Waals surface area contributed by atoms with Gasteiger partial charge in [-0.15, -0.1) is 0 Å². The first-order valence-electron chi connectivity index (χ1n) is 8.60. The molecule has 150 valence electrons. The van der Waals surface area contributed by atoms with E-state index in [2.05, 4.69) is 10.4 Å². The lowest BCUT2D eigenvalue weighted by Gasteiger charge is -2.15. The molecule has 1 saturated heterocycles. The van der Waals surface area contributed by atoms with Crippen LogP contribution in [0.1, 0.15) is 30.8 Å². The molecule has 6 nitrogen and oxygen atoms in total. The van der Waals surface area contributed by atoms with Gasteiger partial charge in [0.1, 0.15) is 5.92 Å². The summed E-state index contributed by atoms with van der Waals surface area (Å²) in [6.07, 6.45) is 0.291. The van der Waals surface area contributed by atoms with Crippen molar-refractivity contribution < 1.29 is 27.2 Å². The predicted octanol–water partition coefficient (Wildman–Crippen LogP) is 2.93. The van der Waals surface area contributed by atoms with E-state index in [4.69, 9.17) is 0 Å². The highest BCUT2D eigenvalue weighted by atomic mass is 19.3. The van der Waals surface area contributed by atoms with Crippen molar-refractivity contribution in [3.8, 4) is 0 Å². The van der Waals surface area contributed by atoms with Gasteiger partial charge in [0, 0.05) is 25.2 Å². The minimum Gasteiger partial charge on any atom is -0.344 e. The lowest BCUT2D eigenvalue weighted by molar-refractivity contribution is -0.135. The van der Waals surface area contributed by atoms with Gasteiger partial charge in [0.15, 0.2) is 11.6 Å². The lowest BCUT2D eigenvalue weighted by Crippen LogP contribution is -2.33. The maximum absolute atomic E-state index is 13.8. The van der Waals surface area contributed by atoms with Gasteiger partial charge in [-0.1, -0.05) is 13.0 Å². The largest absolute Gasteiger partial charge is 0.344 e. The van der Waals surface area contributed by atoms with Gasteiger partial charge < -0.3 is 10.2 Å². The molecule has 10 heteroatoms. The van der Waals surface area contributed by atoms with E-state index in [0.29, 0.717) is 11.1 Å². The molecule has 1 aromatic carbocycles. The van der Waals surface area contributed by atoms with E-state index in [1.54, 1.807) is 6.92 Å². The highest BCUT2D eigenvalue weighted by Gasteiger charge is 2.46. The number of rotatable bonds is 5. The van der Waals surface area contributed by atoms with E-state index in [0.717, 1.165) is 12.1 Å². The molecule has 3 rings (SSSR count). The Morgan fingerprint density at radius 1 is 1.36 bits per heavy atom. The van der Waals surface area contributed by atoms with E-state index in [9.17, 15) is 27.2 Å². The number of alkyl halides is 2. The Morgan fingerprint density at radius 2 is 2.07 bits per heavy atom. The quantitative estimate of drug-likeness (QED) is 0.622. The number of halogens is 4. The summed E-state index contributed by atoms with van der Waals surface area (Å²) in [5, 5.41) is 6.09. The number of hydrogen-bond acceptors (Lipinski definition) is 3. The number of carbonyl (C=O) groups is 2. The van der Waals surface area contributed by atoms with Crippen molar-refractivity contribution >= 4 is 17.5 Å². The molecule has 28 heavy (non-hydrogen) atoms. The van der Waals surface area contributed by atoms with Crippen LogP contribution in [0, 0.1) is 17.6 Å². The third kappa shape index (κ3) is 3.46. The molecule has 2 heterocycles. The molecule has 0 aliphatic carbocycles. The molecule has 2 aromatic rings. The summed E-state index contributed by atoms with van der Waals surface area (Å²) in [6.45, 7) is -1.08. The standard InChI is InChI=1S/C18H18F4N4O2/c1-3-9-7-13(24-26(9)18(21)22)10-8-25(2)17(28)14(10)16(27)23-12-6-4-5-11(19)15(12)20/h4-7,10,14,18H,3,8H2,1-2H3,(H,23,27)/t10-,14?/m1/s1. The first-order chi connectivity index (χ1) is 13.2. The summed E-state index contributed by atoms with van der Waals surface area (Å²) in [7, 11) is 1.47. The van der Waals surface area contributed by atoms with E-state index < -0.39 is 47.5 Å². The molecule has 0 radical (unpaired) electrons. The van der Waals surface area contributed by atoms with Crippen LogP contribution >= 0.6 is 0 Å². The third-order valence-corrected chi connectivity index (χ3v) is 4.77. The van der Waals surface area contributed by atoms with Crippen LogP contribution < -0.4 is 5.32 Å². The van der Waals surface area contributed by atoms with Crippen LogP contribution in [-0.4, -0.2) is 40.1 Å². The Morgan fingerprint density at radius 3 is 2.68 bits per heavy atom. The second-order valence-corrected chi connectivity index (χ2v) is 6.53. The van der Waals surface area contributed by atoms with Crippen molar-refractivity contribution in [2.24, 2.45) is 5.92 Å². The van der Waals surface area contributed by atoms with Gasteiger partial charge >= 0.3 is 6.55 Å². The minimum absolute atomic E-state index is 0.0892. The highest BCUT2D eigenvalue weighted by Crippen LogP contribution is 2.34. The van der Waals surface area contributed by atoms with Crippen molar-refractivity contribution in [2.45, 2.75) is 25.8 Å². The molecular formula is C18H18F4N4O2. The van der Waals surface area contributed by atoms with Gasteiger partial charge in [0.05, 0.1) is 11.4 Å². The molecule has 1 unspecified atom stereocenters. The summed E-state index contributed by atoms with van der Waals surface area (Å²) in [5.41, 5.74) is 0.0375. The van der Waals surface area contributed by atoms with Crippen molar-refractivity contribution in [1.82, 2.24) is 14.7 Å². The van der Waals surface area contributed by atoms with Crippen molar-refractivity contribution in [3.63, 3.8) is 0 Å². The number of anilines is 1. The topological polar surface area (TPSA) is 67.2 Å². The van der Waals surface area contributed by atoms with Crippen LogP contribution in [0.2, 0.25) is 0 Å². The molecule has 1 aliphatic rings. The molecule has 0 spiro atoms. The normalized spacial score (nSPS) is 19.5. The van der Waals surface area contributed by atoms with Crippen molar-refractivity contribution in [3.05, 3.63) is 47.3 Å². The van der Waals surface area contributed by atoms with E-state index in [-0.39, 0.29) is 17.9 Å². The van der Waals surface area contributed by atoms with E-state index >= 15 is 0 Å². The molecule has 1 N–H and O–H groups in total. The van der Waals surface area contributed by atoms with E-state index in [1.807, 2.05) is 0 Å². The lowest BCUT2D eigenvalue weighted by atomic mass is 9.91. The molecule has 2 atom stereocenters. The molecule has 1 aromatic heterocycles. The number of likely N-dealkylation sites (tertiary alicyclic amines) is 1. The predicted molar refractivity (Wildman–Crippen MR) is 91.7 cm³/mol. The number of aromatic nitrogens is 2. The Bertz CT molecular complexity index is 915. The second kappa shape index (κ2) is 7.61. The van der Waals surface area contributed by atoms with E-state index in [1.165, 1.54) is 24.1 Å². The summed E-state index contributed by atoms with van der Waals surface area (Å²) in [4.78, 5) is 26.4. The monoisotopic (exact) mass is 398 g/mol. The van der Waals surface area contributed by atoms with Gasteiger partial charge in [-0.2, -0.15) is 13.9 Å².